The zero-order valence-corrected chi connectivity index (χ0v) is 12.9. The average Bonchev–Trinajstić information content (AvgIpc) is 2.51. The van der Waals surface area contributed by atoms with E-state index in [1.165, 1.54) is 12.1 Å². The van der Waals surface area contributed by atoms with Crippen molar-refractivity contribution in [2.45, 2.75) is 25.3 Å². The number of rotatable bonds is 6. The second-order valence-corrected chi connectivity index (χ2v) is 5.60. The molecule has 0 aliphatic rings. The smallest absolute Gasteiger partial charge is 0.143 e. The molecule has 1 aromatic carbocycles. The van der Waals surface area contributed by atoms with E-state index in [0.717, 1.165) is 5.69 Å². The van der Waals surface area contributed by atoms with Crippen molar-refractivity contribution in [1.29, 1.82) is 0 Å². The highest BCUT2D eigenvalue weighted by atomic mass is 79.9. The fourth-order valence-corrected chi connectivity index (χ4v) is 2.49. The second-order valence-electron chi connectivity index (χ2n) is 4.75. The molecular weight excluding hydrogens is 340 g/mol. The Bertz CT molecular complexity index is 593. The van der Waals surface area contributed by atoms with Gasteiger partial charge in [0.2, 0.25) is 0 Å². The van der Waals surface area contributed by atoms with Crippen molar-refractivity contribution >= 4 is 15.9 Å². The topological polar surface area (TPSA) is 50.9 Å². The third-order valence-corrected chi connectivity index (χ3v) is 3.91. The highest BCUT2D eigenvalue weighted by Crippen LogP contribution is 2.23. The molecule has 1 atom stereocenters. The number of halogens is 3. The molecule has 0 radical (unpaired) electrons. The lowest BCUT2D eigenvalue weighted by molar-refractivity contribution is 0.461. The first-order valence-corrected chi connectivity index (χ1v) is 7.39. The van der Waals surface area contributed by atoms with Crippen LogP contribution in [0.25, 0.3) is 0 Å². The van der Waals surface area contributed by atoms with Gasteiger partial charge in [0.25, 0.3) is 0 Å². The molecular formula is C15H16BrF2N3. The molecule has 0 aliphatic heterocycles. The van der Waals surface area contributed by atoms with Crippen molar-refractivity contribution in [2.75, 3.05) is 0 Å². The number of aryl methyl sites for hydroxylation is 1. The van der Waals surface area contributed by atoms with Crippen LogP contribution in [-0.4, -0.2) is 11.0 Å². The van der Waals surface area contributed by atoms with E-state index in [0.29, 0.717) is 12.8 Å². The van der Waals surface area contributed by atoms with Crippen molar-refractivity contribution in [3.63, 3.8) is 0 Å². The van der Waals surface area contributed by atoms with Gasteiger partial charge >= 0.3 is 0 Å². The van der Waals surface area contributed by atoms with E-state index < -0.39 is 11.6 Å². The maximum atomic E-state index is 14.0. The maximum Gasteiger partial charge on any atom is 0.143 e. The summed E-state index contributed by atoms with van der Waals surface area (Å²) in [6.07, 6.45) is 3.22. The number of nitrogens with two attached hydrogens (primary N) is 1. The quantitative estimate of drug-likeness (QED) is 0.475. The zero-order chi connectivity index (χ0) is 15.2. The molecule has 0 aliphatic carbocycles. The zero-order valence-electron chi connectivity index (χ0n) is 11.3. The Morgan fingerprint density at radius 1 is 1.24 bits per heavy atom. The Morgan fingerprint density at radius 2 is 2.05 bits per heavy atom. The van der Waals surface area contributed by atoms with Crippen LogP contribution in [0.1, 0.15) is 17.7 Å². The van der Waals surface area contributed by atoms with Crippen LogP contribution in [0.15, 0.2) is 41.0 Å². The molecule has 0 amide bonds. The molecule has 112 valence electrons. The van der Waals surface area contributed by atoms with Gasteiger partial charge in [-0.1, -0.05) is 6.07 Å². The van der Waals surface area contributed by atoms with Gasteiger partial charge in [0, 0.05) is 23.5 Å². The highest BCUT2D eigenvalue weighted by molar-refractivity contribution is 9.10. The molecule has 0 spiro atoms. The van der Waals surface area contributed by atoms with E-state index in [9.17, 15) is 8.78 Å². The molecule has 1 unspecified atom stereocenters. The van der Waals surface area contributed by atoms with Crippen molar-refractivity contribution in [2.24, 2.45) is 5.84 Å². The Morgan fingerprint density at radius 3 is 2.71 bits per heavy atom. The third-order valence-electron chi connectivity index (χ3n) is 3.30. The minimum Gasteiger partial charge on any atom is -0.271 e. The minimum atomic E-state index is -0.576. The van der Waals surface area contributed by atoms with Crippen LogP contribution in [0.4, 0.5) is 8.78 Å². The second kappa shape index (κ2) is 7.59. The van der Waals surface area contributed by atoms with Crippen LogP contribution in [0.5, 0.6) is 0 Å². The molecule has 2 rings (SSSR count). The molecule has 0 saturated carbocycles. The standard InChI is InChI=1S/C15H16BrF2N3/c16-13-6-7-14(17)12(15(13)18)9-11(21-19)5-4-10-3-1-2-8-20-10/h1-3,6-8,11,21H,4-5,9,19H2. The van der Waals surface area contributed by atoms with Gasteiger partial charge < -0.3 is 0 Å². The lowest BCUT2D eigenvalue weighted by Crippen LogP contribution is -2.37. The predicted molar refractivity (Wildman–Crippen MR) is 81.4 cm³/mol. The summed E-state index contributed by atoms with van der Waals surface area (Å²) in [5.41, 5.74) is 3.58. The van der Waals surface area contributed by atoms with Crippen molar-refractivity contribution in [3.05, 3.63) is 63.9 Å². The van der Waals surface area contributed by atoms with Gasteiger partial charge in [0.15, 0.2) is 0 Å². The SMILES string of the molecule is NNC(CCc1ccccn1)Cc1c(F)ccc(Br)c1F. The number of hydrazine groups is 1. The minimum absolute atomic E-state index is 0.0355. The molecule has 0 bridgehead atoms. The predicted octanol–water partition coefficient (Wildman–Crippen LogP) is 3.13. The Hall–Kier alpha value is -1.37. The van der Waals surface area contributed by atoms with Gasteiger partial charge in [-0.2, -0.15) is 0 Å². The molecule has 21 heavy (non-hydrogen) atoms. The Kier molecular flexibility index (Phi) is 5.78. The lowest BCUT2D eigenvalue weighted by atomic mass is 10.0. The van der Waals surface area contributed by atoms with Crippen LogP contribution in [0, 0.1) is 11.6 Å². The fraction of sp³-hybridized carbons (Fsp3) is 0.267. The van der Waals surface area contributed by atoms with Crippen molar-refractivity contribution in [1.82, 2.24) is 10.4 Å². The highest BCUT2D eigenvalue weighted by Gasteiger charge is 2.17. The average molecular weight is 356 g/mol. The molecule has 0 fully saturated rings. The van der Waals surface area contributed by atoms with E-state index in [1.54, 1.807) is 6.20 Å². The monoisotopic (exact) mass is 355 g/mol. The van der Waals surface area contributed by atoms with Crippen LogP contribution in [-0.2, 0) is 12.8 Å². The van der Waals surface area contributed by atoms with Crippen LogP contribution >= 0.6 is 15.9 Å². The van der Waals surface area contributed by atoms with E-state index >= 15 is 0 Å². The number of pyridine rings is 1. The fourth-order valence-electron chi connectivity index (χ4n) is 2.12. The van der Waals surface area contributed by atoms with E-state index in [4.69, 9.17) is 5.84 Å². The first kappa shape index (κ1) is 16.0. The normalized spacial score (nSPS) is 12.4. The summed E-state index contributed by atoms with van der Waals surface area (Å²) >= 11 is 3.06. The third kappa shape index (κ3) is 4.30. The summed E-state index contributed by atoms with van der Waals surface area (Å²) in [7, 11) is 0. The summed E-state index contributed by atoms with van der Waals surface area (Å²) in [5, 5.41) is 0. The summed E-state index contributed by atoms with van der Waals surface area (Å²) in [6.45, 7) is 0. The molecule has 3 nitrogen and oxygen atoms in total. The van der Waals surface area contributed by atoms with Gasteiger partial charge in [-0.15, -0.1) is 0 Å². The largest absolute Gasteiger partial charge is 0.271 e. The molecule has 1 aromatic heterocycles. The van der Waals surface area contributed by atoms with Crippen LogP contribution in [0.2, 0.25) is 0 Å². The number of hydrogen-bond donors (Lipinski definition) is 2. The number of aromatic nitrogens is 1. The Labute approximate surface area is 130 Å². The first-order chi connectivity index (χ1) is 10.1. The lowest BCUT2D eigenvalue weighted by Gasteiger charge is -2.17. The van der Waals surface area contributed by atoms with E-state index in [2.05, 4.69) is 26.3 Å². The summed E-state index contributed by atoms with van der Waals surface area (Å²) in [6, 6.07) is 8.02. The summed E-state index contributed by atoms with van der Waals surface area (Å²) in [4.78, 5) is 4.22. The van der Waals surface area contributed by atoms with Gasteiger partial charge in [0.05, 0.1) is 4.47 Å². The van der Waals surface area contributed by atoms with E-state index in [1.807, 2.05) is 18.2 Å². The maximum absolute atomic E-state index is 14.0. The number of nitrogens with zero attached hydrogens (tertiary/aromatic N) is 1. The van der Waals surface area contributed by atoms with Crippen LogP contribution in [0.3, 0.4) is 0 Å². The molecule has 0 saturated heterocycles. The van der Waals surface area contributed by atoms with Crippen molar-refractivity contribution in [3.8, 4) is 0 Å². The van der Waals surface area contributed by atoms with Gasteiger partial charge in [-0.3, -0.25) is 16.3 Å². The molecule has 6 heteroatoms. The number of hydrogen-bond acceptors (Lipinski definition) is 3. The van der Waals surface area contributed by atoms with Gasteiger partial charge in [-0.25, -0.2) is 8.78 Å². The van der Waals surface area contributed by atoms with Gasteiger partial charge in [-0.05, 0) is 59.5 Å². The van der Waals surface area contributed by atoms with Crippen LogP contribution < -0.4 is 11.3 Å². The number of nitrogens with one attached hydrogen (secondary N) is 1. The summed E-state index contributed by atoms with van der Waals surface area (Å²) in [5.74, 6) is 4.36. The number of benzene rings is 1. The van der Waals surface area contributed by atoms with Gasteiger partial charge in [0.1, 0.15) is 11.6 Å². The molecule has 2 aromatic rings. The van der Waals surface area contributed by atoms with E-state index in [-0.39, 0.29) is 22.5 Å². The first-order valence-electron chi connectivity index (χ1n) is 6.60. The summed E-state index contributed by atoms with van der Waals surface area (Å²) < 4.78 is 28.0. The molecule has 1 heterocycles. The van der Waals surface area contributed by atoms with Crippen molar-refractivity contribution < 1.29 is 8.78 Å². The Balaban J connectivity index is 2.04. The molecule has 3 N–H and O–H groups in total.